The van der Waals surface area contributed by atoms with E-state index in [-0.39, 0.29) is 16.5 Å². The van der Waals surface area contributed by atoms with Crippen LogP contribution in [0.3, 0.4) is 0 Å². The van der Waals surface area contributed by atoms with Crippen LogP contribution in [0.4, 0.5) is 0 Å². The second-order valence-electron chi connectivity index (χ2n) is 5.39. The molecule has 7 heteroatoms. The number of carboxylic acid groups (broad SMARTS) is 1. The third-order valence-corrected chi connectivity index (χ3v) is 5.87. The molecule has 116 valence electrons. The molecular formula is C14H20N2O4S. The van der Waals surface area contributed by atoms with Crippen LogP contribution in [-0.4, -0.2) is 61.9 Å². The largest absolute Gasteiger partial charge is 0.478 e. The van der Waals surface area contributed by atoms with Gasteiger partial charge in [-0.15, -0.1) is 0 Å². The normalized spacial score (nSPS) is 18.0. The highest BCUT2D eigenvalue weighted by Gasteiger charge is 2.30. The lowest BCUT2D eigenvalue weighted by molar-refractivity contribution is 0.0696. The van der Waals surface area contributed by atoms with E-state index in [9.17, 15) is 13.2 Å². The molecule has 1 N–H and O–H groups in total. The summed E-state index contributed by atoms with van der Waals surface area (Å²) < 4.78 is 26.6. The molecule has 0 radical (unpaired) electrons. The molecule has 1 aliphatic rings. The maximum Gasteiger partial charge on any atom is 0.335 e. The quantitative estimate of drug-likeness (QED) is 0.901. The number of piperidine rings is 1. The molecule has 0 unspecified atom stereocenters. The van der Waals surface area contributed by atoms with Crippen molar-refractivity contribution in [2.24, 2.45) is 0 Å². The zero-order valence-corrected chi connectivity index (χ0v) is 13.0. The lowest BCUT2D eigenvalue weighted by Gasteiger charge is -2.34. The van der Waals surface area contributed by atoms with Gasteiger partial charge < -0.3 is 10.0 Å². The van der Waals surface area contributed by atoms with Gasteiger partial charge in [0.2, 0.25) is 10.0 Å². The van der Waals surface area contributed by atoms with Gasteiger partial charge in [0.1, 0.15) is 0 Å². The van der Waals surface area contributed by atoms with E-state index in [0.29, 0.717) is 0 Å². The Hall–Kier alpha value is -1.44. The summed E-state index contributed by atoms with van der Waals surface area (Å²) in [5.74, 6) is -1.13. The van der Waals surface area contributed by atoms with Gasteiger partial charge in [-0.3, -0.25) is 0 Å². The van der Waals surface area contributed by atoms with E-state index in [4.69, 9.17) is 5.11 Å². The smallest absolute Gasteiger partial charge is 0.335 e. The number of carbonyl (C=O) groups is 1. The fourth-order valence-corrected chi connectivity index (χ4v) is 3.97. The molecule has 1 aliphatic heterocycles. The van der Waals surface area contributed by atoms with Gasteiger partial charge in [0.25, 0.3) is 0 Å². The van der Waals surface area contributed by atoms with Gasteiger partial charge in [-0.1, -0.05) is 6.07 Å². The second-order valence-corrected chi connectivity index (χ2v) is 7.39. The number of aromatic carboxylic acids is 1. The van der Waals surface area contributed by atoms with Gasteiger partial charge in [0.15, 0.2) is 0 Å². The monoisotopic (exact) mass is 312 g/mol. The highest BCUT2D eigenvalue weighted by Crippen LogP contribution is 2.22. The molecular weight excluding hydrogens is 292 g/mol. The van der Waals surface area contributed by atoms with Crippen molar-refractivity contribution in [3.8, 4) is 0 Å². The summed E-state index contributed by atoms with van der Waals surface area (Å²) in [5, 5.41) is 8.98. The van der Waals surface area contributed by atoms with Crippen molar-refractivity contribution in [2.45, 2.75) is 23.8 Å². The molecule has 1 heterocycles. The predicted molar refractivity (Wildman–Crippen MR) is 78.9 cm³/mol. The van der Waals surface area contributed by atoms with Crippen LogP contribution in [0.15, 0.2) is 29.2 Å². The van der Waals surface area contributed by atoms with Crippen LogP contribution >= 0.6 is 0 Å². The predicted octanol–water partition coefficient (Wildman–Crippen LogP) is 1.10. The molecule has 0 bridgehead atoms. The Morgan fingerprint density at radius 2 is 1.95 bits per heavy atom. The molecule has 0 aromatic heterocycles. The molecule has 0 amide bonds. The molecule has 1 aromatic rings. The van der Waals surface area contributed by atoms with Crippen molar-refractivity contribution in [2.75, 3.05) is 27.2 Å². The summed E-state index contributed by atoms with van der Waals surface area (Å²) in [6.45, 7) is 1.72. The number of hydrogen-bond acceptors (Lipinski definition) is 4. The highest BCUT2D eigenvalue weighted by atomic mass is 32.2. The van der Waals surface area contributed by atoms with Crippen LogP contribution in [0, 0.1) is 0 Å². The minimum absolute atomic E-state index is 0.0205. The Bertz CT molecular complexity index is 622. The summed E-state index contributed by atoms with van der Waals surface area (Å²) in [6, 6.07) is 5.45. The first-order valence-electron chi connectivity index (χ1n) is 6.82. The number of rotatable bonds is 4. The summed E-state index contributed by atoms with van der Waals surface area (Å²) in [7, 11) is -0.0775. The van der Waals surface area contributed by atoms with E-state index in [0.717, 1.165) is 25.9 Å². The fourth-order valence-electron chi connectivity index (χ4n) is 2.51. The topological polar surface area (TPSA) is 77.9 Å². The van der Waals surface area contributed by atoms with Gasteiger partial charge in [0, 0.05) is 13.1 Å². The zero-order valence-electron chi connectivity index (χ0n) is 12.2. The summed E-state index contributed by atoms with van der Waals surface area (Å²) in [6.07, 6.45) is 1.57. The standard InChI is InChI=1S/C14H20N2O4S/c1-15-8-6-12(7-9-15)16(2)21(19,20)13-5-3-4-11(10-13)14(17)18/h3-5,10,12H,6-9H2,1-2H3,(H,17,18). The number of likely N-dealkylation sites (tertiary alicyclic amines) is 1. The van der Waals surface area contributed by atoms with Crippen LogP contribution in [0.1, 0.15) is 23.2 Å². The molecule has 1 fully saturated rings. The average Bonchev–Trinajstić information content (AvgIpc) is 2.47. The Labute approximate surface area is 125 Å². The van der Waals surface area contributed by atoms with Crippen molar-refractivity contribution in [1.82, 2.24) is 9.21 Å². The first-order valence-corrected chi connectivity index (χ1v) is 8.26. The Morgan fingerprint density at radius 3 is 2.52 bits per heavy atom. The Balaban J connectivity index is 2.25. The van der Waals surface area contributed by atoms with Gasteiger partial charge in [-0.2, -0.15) is 4.31 Å². The maximum absolute atomic E-state index is 12.6. The number of hydrogen-bond donors (Lipinski definition) is 1. The van der Waals surface area contributed by atoms with Crippen LogP contribution in [-0.2, 0) is 10.0 Å². The molecule has 2 rings (SSSR count). The highest BCUT2D eigenvalue weighted by molar-refractivity contribution is 7.89. The van der Waals surface area contributed by atoms with E-state index in [1.54, 1.807) is 7.05 Å². The number of nitrogens with zero attached hydrogens (tertiary/aromatic N) is 2. The average molecular weight is 312 g/mol. The first-order chi connectivity index (χ1) is 9.82. The second kappa shape index (κ2) is 6.13. The number of benzene rings is 1. The SMILES string of the molecule is CN1CCC(N(C)S(=O)(=O)c2cccc(C(=O)O)c2)CC1. The van der Waals surface area contributed by atoms with E-state index < -0.39 is 16.0 Å². The maximum atomic E-state index is 12.6. The number of carboxylic acids is 1. The molecule has 0 spiro atoms. The lowest BCUT2D eigenvalue weighted by Crippen LogP contribution is -2.44. The molecule has 1 aromatic carbocycles. The summed E-state index contributed by atoms with van der Waals surface area (Å²) in [4.78, 5) is 13.2. The lowest BCUT2D eigenvalue weighted by atomic mass is 10.1. The Morgan fingerprint density at radius 1 is 1.33 bits per heavy atom. The van der Waals surface area contributed by atoms with Crippen LogP contribution < -0.4 is 0 Å². The third kappa shape index (κ3) is 3.42. The van der Waals surface area contributed by atoms with E-state index >= 15 is 0 Å². The molecule has 21 heavy (non-hydrogen) atoms. The fraction of sp³-hybridized carbons (Fsp3) is 0.500. The summed E-state index contributed by atoms with van der Waals surface area (Å²) in [5.41, 5.74) is -0.0205. The van der Waals surface area contributed by atoms with Crippen molar-refractivity contribution in [1.29, 1.82) is 0 Å². The molecule has 1 saturated heterocycles. The van der Waals surface area contributed by atoms with Gasteiger partial charge in [-0.05, 0) is 51.2 Å². The van der Waals surface area contributed by atoms with E-state index in [1.165, 1.54) is 28.6 Å². The van der Waals surface area contributed by atoms with Gasteiger partial charge >= 0.3 is 5.97 Å². The van der Waals surface area contributed by atoms with Crippen molar-refractivity contribution in [3.05, 3.63) is 29.8 Å². The van der Waals surface area contributed by atoms with Crippen molar-refractivity contribution >= 4 is 16.0 Å². The Kier molecular flexibility index (Phi) is 4.65. The summed E-state index contributed by atoms with van der Waals surface area (Å²) >= 11 is 0. The van der Waals surface area contributed by atoms with Crippen LogP contribution in [0.25, 0.3) is 0 Å². The van der Waals surface area contributed by atoms with Crippen LogP contribution in [0.5, 0.6) is 0 Å². The zero-order chi connectivity index (χ0) is 15.6. The van der Waals surface area contributed by atoms with Crippen LogP contribution in [0.2, 0.25) is 0 Å². The van der Waals surface area contributed by atoms with E-state index in [1.807, 2.05) is 7.05 Å². The molecule has 0 saturated carbocycles. The molecule has 0 aliphatic carbocycles. The number of sulfonamides is 1. The van der Waals surface area contributed by atoms with Crippen molar-refractivity contribution in [3.63, 3.8) is 0 Å². The molecule has 0 atom stereocenters. The first kappa shape index (κ1) is 15.9. The molecule has 6 nitrogen and oxygen atoms in total. The van der Waals surface area contributed by atoms with Crippen molar-refractivity contribution < 1.29 is 18.3 Å². The van der Waals surface area contributed by atoms with E-state index in [2.05, 4.69) is 4.90 Å². The minimum atomic E-state index is -3.66. The van der Waals surface area contributed by atoms with Gasteiger partial charge in [-0.25, -0.2) is 13.2 Å². The third-order valence-electron chi connectivity index (χ3n) is 3.96. The van der Waals surface area contributed by atoms with Gasteiger partial charge in [0.05, 0.1) is 10.5 Å². The minimum Gasteiger partial charge on any atom is -0.478 e.